The quantitative estimate of drug-likeness (QED) is 0.845. The number of carbonyl (C=O) groups excluding carboxylic acids is 1. The molecule has 1 amide bonds. The zero-order valence-electron chi connectivity index (χ0n) is 13.1. The first-order valence-corrected chi connectivity index (χ1v) is 7.66. The van der Waals surface area contributed by atoms with E-state index in [2.05, 4.69) is 30.4 Å². The van der Waals surface area contributed by atoms with Crippen LogP contribution in [0.2, 0.25) is 0 Å². The molecule has 1 unspecified atom stereocenters. The summed E-state index contributed by atoms with van der Waals surface area (Å²) >= 11 is 0. The van der Waals surface area contributed by atoms with Gasteiger partial charge in [-0.2, -0.15) is 5.10 Å². The average Bonchev–Trinajstić information content (AvgIpc) is 2.49. The lowest BCUT2D eigenvalue weighted by Gasteiger charge is -2.23. The first-order chi connectivity index (χ1) is 10.1. The number of hydrogen-bond acceptors (Lipinski definition) is 3. The molecule has 4 nitrogen and oxygen atoms in total. The van der Waals surface area contributed by atoms with Crippen LogP contribution in [0.15, 0.2) is 23.3 Å². The van der Waals surface area contributed by atoms with Crippen LogP contribution in [0.3, 0.4) is 0 Å². The number of ether oxygens (including phenoxy) is 1. The first-order valence-electron chi connectivity index (χ1n) is 7.66. The van der Waals surface area contributed by atoms with Crippen molar-refractivity contribution >= 4 is 11.6 Å². The lowest BCUT2D eigenvalue weighted by molar-refractivity contribution is -0.121. The van der Waals surface area contributed by atoms with Crippen molar-refractivity contribution in [1.29, 1.82) is 0 Å². The molecule has 0 radical (unpaired) electrons. The number of unbranched alkanes of at least 4 members (excludes halogenated alkanes) is 1. The lowest BCUT2D eigenvalue weighted by Crippen LogP contribution is -2.24. The summed E-state index contributed by atoms with van der Waals surface area (Å²) in [6.45, 7) is 4.28. The summed E-state index contributed by atoms with van der Waals surface area (Å²) in [6, 6.07) is 6.06. The third kappa shape index (κ3) is 4.06. The van der Waals surface area contributed by atoms with Crippen LogP contribution < -0.4 is 10.2 Å². The molecule has 1 atom stereocenters. The maximum absolute atomic E-state index is 11.7. The molecule has 0 heterocycles. The van der Waals surface area contributed by atoms with E-state index < -0.39 is 0 Å². The summed E-state index contributed by atoms with van der Waals surface area (Å²) < 4.78 is 5.28. The number of hydrazone groups is 1. The van der Waals surface area contributed by atoms with Crippen LogP contribution in [0, 0.1) is 5.92 Å². The minimum atomic E-state index is -0.00219. The Bertz CT molecular complexity index is 538. The lowest BCUT2D eigenvalue weighted by atomic mass is 9.83. The van der Waals surface area contributed by atoms with E-state index in [9.17, 15) is 4.79 Å². The van der Waals surface area contributed by atoms with Crippen molar-refractivity contribution in [2.45, 2.75) is 46.0 Å². The Labute approximate surface area is 126 Å². The van der Waals surface area contributed by atoms with E-state index in [0.717, 1.165) is 42.7 Å². The molecule has 1 aromatic rings. The average molecular weight is 288 g/mol. The summed E-state index contributed by atoms with van der Waals surface area (Å²) in [4.78, 5) is 11.7. The number of nitrogens with zero attached hydrogens (tertiary/aromatic N) is 1. The van der Waals surface area contributed by atoms with Crippen molar-refractivity contribution < 1.29 is 9.53 Å². The maximum Gasteiger partial charge on any atom is 0.240 e. The Balaban J connectivity index is 2.16. The Hall–Kier alpha value is -1.84. The van der Waals surface area contributed by atoms with Gasteiger partial charge < -0.3 is 4.74 Å². The SMILES string of the molecule is CCCCC(=O)N/N=C1\CC(C)Cc2cc(OC)ccc21. The molecule has 114 valence electrons. The van der Waals surface area contributed by atoms with Crippen LogP contribution in [-0.4, -0.2) is 18.7 Å². The van der Waals surface area contributed by atoms with Gasteiger partial charge in [0.05, 0.1) is 12.8 Å². The largest absolute Gasteiger partial charge is 0.497 e. The molecule has 0 bridgehead atoms. The van der Waals surface area contributed by atoms with E-state index in [1.54, 1.807) is 7.11 Å². The highest BCUT2D eigenvalue weighted by molar-refractivity contribution is 6.03. The van der Waals surface area contributed by atoms with Crippen molar-refractivity contribution in [2.75, 3.05) is 7.11 Å². The van der Waals surface area contributed by atoms with Crippen molar-refractivity contribution in [3.05, 3.63) is 29.3 Å². The summed E-state index contributed by atoms with van der Waals surface area (Å²) in [6.07, 6.45) is 4.38. The van der Waals surface area contributed by atoms with Crippen LogP contribution in [0.4, 0.5) is 0 Å². The smallest absolute Gasteiger partial charge is 0.240 e. The zero-order chi connectivity index (χ0) is 15.2. The predicted octanol–water partition coefficient (Wildman–Crippen LogP) is 3.29. The van der Waals surface area contributed by atoms with Crippen LogP contribution in [0.5, 0.6) is 5.75 Å². The minimum Gasteiger partial charge on any atom is -0.497 e. The van der Waals surface area contributed by atoms with Crippen molar-refractivity contribution in [3.63, 3.8) is 0 Å². The number of benzene rings is 1. The molecule has 1 aliphatic carbocycles. The Morgan fingerprint density at radius 3 is 2.95 bits per heavy atom. The Morgan fingerprint density at radius 1 is 1.43 bits per heavy atom. The Morgan fingerprint density at radius 2 is 2.24 bits per heavy atom. The molecule has 0 spiro atoms. The van der Waals surface area contributed by atoms with E-state index >= 15 is 0 Å². The highest BCUT2D eigenvalue weighted by atomic mass is 16.5. The molecule has 1 aromatic carbocycles. The fourth-order valence-electron chi connectivity index (χ4n) is 2.66. The van der Waals surface area contributed by atoms with Gasteiger partial charge >= 0.3 is 0 Å². The summed E-state index contributed by atoms with van der Waals surface area (Å²) in [5.41, 5.74) is 6.04. The van der Waals surface area contributed by atoms with Crippen molar-refractivity contribution in [1.82, 2.24) is 5.43 Å². The Kier molecular flexibility index (Phi) is 5.37. The topological polar surface area (TPSA) is 50.7 Å². The minimum absolute atomic E-state index is 0.00219. The molecule has 0 aromatic heterocycles. The highest BCUT2D eigenvalue weighted by Gasteiger charge is 2.21. The molecule has 0 saturated heterocycles. The second kappa shape index (κ2) is 7.25. The number of amides is 1. The van der Waals surface area contributed by atoms with Crippen LogP contribution in [0.25, 0.3) is 0 Å². The van der Waals surface area contributed by atoms with Crippen LogP contribution in [0.1, 0.15) is 50.7 Å². The van der Waals surface area contributed by atoms with Gasteiger partial charge in [0.15, 0.2) is 0 Å². The van der Waals surface area contributed by atoms with E-state index in [0.29, 0.717) is 12.3 Å². The van der Waals surface area contributed by atoms with E-state index in [4.69, 9.17) is 4.74 Å². The van der Waals surface area contributed by atoms with Gasteiger partial charge in [0.2, 0.25) is 5.91 Å². The van der Waals surface area contributed by atoms with Crippen molar-refractivity contribution in [3.8, 4) is 5.75 Å². The van der Waals surface area contributed by atoms with E-state index in [1.165, 1.54) is 5.56 Å². The molecule has 4 heteroatoms. The van der Waals surface area contributed by atoms with Gasteiger partial charge in [0, 0.05) is 12.0 Å². The first kappa shape index (κ1) is 15.5. The fraction of sp³-hybridized carbons (Fsp3) is 0.529. The molecule has 1 aliphatic rings. The number of carbonyl (C=O) groups is 1. The fourth-order valence-corrected chi connectivity index (χ4v) is 2.66. The third-order valence-corrected chi connectivity index (χ3v) is 3.81. The van der Waals surface area contributed by atoms with Gasteiger partial charge in [-0.05, 0) is 48.9 Å². The summed E-state index contributed by atoms with van der Waals surface area (Å²) in [5.74, 6) is 1.39. The van der Waals surface area contributed by atoms with Crippen LogP contribution in [-0.2, 0) is 11.2 Å². The van der Waals surface area contributed by atoms with Gasteiger partial charge in [-0.15, -0.1) is 0 Å². The molecule has 1 N–H and O–H groups in total. The van der Waals surface area contributed by atoms with E-state index in [-0.39, 0.29) is 5.91 Å². The third-order valence-electron chi connectivity index (χ3n) is 3.81. The summed E-state index contributed by atoms with van der Waals surface area (Å²) in [5, 5.41) is 4.36. The molecule has 0 fully saturated rings. The van der Waals surface area contributed by atoms with Gasteiger partial charge in [0.1, 0.15) is 5.75 Å². The molecule has 21 heavy (non-hydrogen) atoms. The van der Waals surface area contributed by atoms with Crippen LogP contribution >= 0.6 is 0 Å². The zero-order valence-corrected chi connectivity index (χ0v) is 13.1. The standard InChI is InChI=1S/C17H24N2O2/c1-4-5-6-17(20)19-18-16-10-12(2)9-13-11-14(21-3)7-8-15(13)16/h7-8,11-12H,4-6,9-10H2,1-3H3,(H,19,20)/b18-16+. The number of fused-ring (bicyclic) bond motifs is 1. The number of rotatable bonds is 5. The number of nitrogens with one attached hydrogen (secondary N) is 1. The van der Waals surface area contributed by atoms with Gasteiger partial charge in [0.25, 0.3) is 0 Å². The highest BCUT2D eigenvalue weighted by Crippen LogP contribution is 2.28. The second-order valence-electron chi connectivity index (χ2n) is 5.73. The molecule has 2 rings (SSSR count). The molecular formula is C17H24N2O2. The molecule has 0 aliphatic heterocycles. The molecule has 0 saturated carbocycles. The monoisotopic (exact) mass is 288 g/mol. The van der Waals surface area contributed by atoms with Crippen molar-refractivity contribution in [2.24, 2.45) is 11.0 Å². The van der Waals surface area contributed by atoms with Gasteiger partial charge in [-0.25, -0.2) is 5.43 Å². The van der Waals surface area contributed by atoms with E-state index in [1.807, 2.05) is 12.1 Å². The van der Waals surface area contributed by atoms with Gasteiger partial charge in [-0.1, -0.05) is 20.3 Å². The number of methoxy groups -OCH3 is 1. The summed E-state index contributed by atoms with van der Waals surface area (Å²) in [7, 11) is 1.68. The van der Waals surface area contributed by atoms with Gasteiger partial charge in [-0.3, -0.25) is 4.79 Å². The second-order valence-corrected chi connectivity index (χ2v) is 5.73. The normalized spacial score (nSPS) is 19.2. The number of hydrogen-bond donors (Lipinski definition) is 1. The molecular weight excluding hydrogens is 264 g/mol. The predicted molar refractivity (Wildman–Crippen MR) is 84.7 cm³/mol. The maximum atomic E-state index is 11.7.